The van der Waals surface area contributed by atoms with Gasteiger partial charge in [-0.2, -0.15) is 0 Å². The molecule has 21 heavy (non-hydrogen) atoms. The second kappa shape index (κ2) is 17.7. The van der Waals surface area contributed by atoms with Gasteiger partial charge >= 0.3 is 0 Å². The van der Waals surface area contributed by atoms with Crippen molar-refractivity contribution in [1.29, 1.82) is 0 Å². The molecule has 0 aliphatic carbocycles. The van der Waals surface area contributed by atoms with E-state index in [1.807, 2.05) is 0 Å². The van der Waals surface area contributed by atoms with Crippen LogP contribution in [0.4, 0.5) is 0 Å². The van der Waals surface area contributed by atoms with Crippen molar-refractivity contribution < 1.29 is 39.0 Å². The lowest BCUT2D eigenvalue weighted by atomic mass is 10.4. The minimum absolute atomic E-state index is 0.00538. The predicted octanol–water partition coefficient (Wildman–Crippen LogP) is -1.59. The Balaban J connectivity index is 3.64. The molecule has 0 aromatic rings. The Bertz CT molecular complexity index is 193. The van der Waals surface area contributed by atoms with Crippen molar-refractivity contribution >= 4 is 0 Å². The molecule has 1 unspecified atom stereocenters. The minimum Gasteiger partial charge on any atom is -0.394 e. The highest BCUT2D eigenvalue weighted by Gasteiger charge is 2.10. The largest absolute Gasteiger partial charge is 0.394 e. The van der Waals surface area contributed by atoms with E-state index >= 15 is 0 Å². The summed E-state index contributed by atoms with van der Waals surface area (Å²) >= 11 is 0. The molecule has 0 rings (SSSR count). The third kappa shape index (κ3) is 15.9. The fraction of sp³-hybridized carbons (Fsp3) is 1.00. The number of aliphatic hydroxyl groups excluding tert-OH is 3. The Kier molecular flexibility index (Phi) is 17.5. The second-order valence-electron chi connectivity index (χ2n) is 4.04. The van der Waals surface area contributed by atoms with E-state index in [1.54, 1.807) is 0 Å². The van der Waals surface area contributed by atoms with E-state index in [1.165, 1.54) is 0 Å². The molecule has 8 heteroatoms. The maximum absolute atomic E-state index is 8.67. The van der Waals surface area contributed by atoms with Gasteiger partial charge in [0.2, 0.25) is 0 Å². The number of hydrogen-bond acceptors (Lipinski definition) is 8. The van der Waals surface area contributed by atoms with E-state index < -0.39 is 0 Å². The van der Waals surface area contributed by atoms with Crippen LogP contribution in [0, 0.1) is 0 Å². The highest BCUT2D eigenvalue weighted by atomic mass is 16.6. The van der Waals surface area contributed by atoms with Crippen LogP contribution in [0.2, 0.25) is 0 Å². The first-order valence-electron chi connectivity index (χ1n) is 7.10. The first-order valence-corrected chi connectivity index (χ1v) is 7.10. The molecule has 0 spiro atoms. The van der Waals surface area contributed by atoms with Crippen LogP contribution in [0.5, 0.6) is 0 Å². The molecule has 0 amide bonds. The van der Waals surface area contributed by atoms with E-state index in [0.29, 0.717) is 46.2 Å². The van der Waals surface area contributed by atoms with E-state index in [4.69, 9.17) is 39.0 Å². The summed E-state index contributed by atoms with van der Waals surface area (Å²) in [5, 5.41) is 25.8. The summed E-state index contributed by atoms with van der Waals surface area (Å²) in [5.41, 5.74) is 0. The highest BCUT2D eigenvalue weighted by molar-refractivity contribution is 4.56. The van der Waals surface area contributed by atoms with Crippen LogP contribution in [-0.4, -0.2) is 101 Å². The van der Waals surface area contributed by atoms with E-state index in [9.17, 15) is 0 Å². The fourth-order valence-corrected chi connectivity index (χ4v) is 1.36. The number of hydrogen-bond donors (Lipinski definition) is 3. The lowest BCUT2D eigenvalue weighted by Crippen LogP contribution is -2.28. The lowest BCUT2D eigenvalue weighted by Gasteiger charge is -2.18. The average Bonchev–Trinajstić information content (AvgIpc) is 2.50. The quantitative estimate of drug-likeness (QED) is 0.276. The van der Waals surface area contributed by atoms with Crippen LogP contribution < -0.4 is 0 Å². The maximum Gasteiger partial charge on any atom is 0.104 e. The van der Waals surface area contributed by atoms with Gasteiger partial charge in [0, 0.05) is 0 Å². The molecule has 0 aromatic heterocycles. The Morgan fingerprint density at radius 2 is 0.952 bits per heavy atom. The summed E-state index contributed by atoms with van der Waals surface area (Å²) in [5.74, 6) is 0. The standard InChI is InChI=1S/C13H28O8/c14-1-4-17-7-8-20-12-13(11-19-6-3-16)21-10-9-18-5-2-15/h13-16H,1-12H2. The topological polar surface area (TPSA) is 107 Å². The fourth-order valence-electron chi connectivity index (χ4n) is 1.36. The van der Waals surface area contributed by atoms with Crippen molar-refractivity contribution in [3.05, 3.63) is 0 Å². The molecular formula is C13H28O8. The van der Waals surface area contributed by atoms with Crippen LogP contribution in [0.25, 0.3) is 0 Å². The third-order valence-corrected chi connectivity index (χ3v) is 2.27. The molecule has 3 N–H and O–H groups in total. The van der Waals surface area contributed by atoms with Gasteiger partial charge in [-0.15, -0.1) is 0 Å². The molecule has 1 atom stereocenters. The van der Waals surface area contributed by atoms with Crippen molar-refractivity contribution in [3.63, 3.8) is 0 Å². The van der Waals surface area contributed by atoms with Gasteiger partial charge in [-0.05, 0) is 0 Å². The van der Waals surface area contributed by atoms with Gasteiger partial charge in [0.15, 0.2) is 0 Å². The van der Waals surface area contributed by atoms with E-state index in [0.717, 1.165) is 0 Å². The zero-order valence-corrected chi connectivity index (χ0v) is 12.4. The Labute approximate surface area is 125 Å². The molecule has 0 radical (unpaired) electrons. The SMILES string of the molecule is OCCOCCOCC(COCCO)OCCOCCO. The summed E-state index contributed by atoms with van der Waals surface area (Å²) in [6, 6.07) is 0. The summed E-state index contributed by atoms with van der Waals surface area (Å²) in [7, 11) is 0. The number of aliphatic hydroxyl groups is 3. The molecule has 0 aliphatic rings. The molecule has 0 fully saturated rings. The van der Waals surface area contributed by atoms with Crippen LogP contribution in [0.1, 0.15) is 0 Å². The van der Waals surface area contributed by atoms with Crippen LogP contribution in [-0.2, 0) is 23.7 Å². The first-order chi connectivity index (χ1) is 10.3. The van der Waals surface area contributed by atoms with Crippen LogP contribution in [0.15, 0.2) is 0 Å². The molecule has 128 valence electrons. The Hall–Kier alpha value is -0.320. The summed E-state index contributed by atoms with van der Waals surface area (Å²) < 4.78 is 26.3. The molecule has 0 aromatic carbocycles. The maximum atomic E-state index is 8.67. The zero-order valence-electron chi connectivity index (χ0n) is 12.4. The predicted molar refractivity (Wildman–Crippen MR) is 74.3 cm³/mol. The van der Waals surface area contributed by atoms with Gasteiger partial charge in [-0.3, -0.25) is 0 Å². The van der Waals surface area contributed by atoms with Crippen molar-refractivity contribution in [3.8, 4) is 0 Å². The summed E-state index contributed by atoms with van der Waals surface area (Å²) in [6.07, 6.45) is -0.257. The molecular weight excluding hydrogens is 284 g/mol. The van der Waals surface area contributed by atoms with Gasteiger partial charge in [0.25, 0.3) is 0 Å². The third-order valence-electron chi connectivity index (χ3n) is 2.27. The second-order valence-corrected chi connectivity index (χ2v) is 4.04. The normalized spacial score (nSPS) is 12.7. The smallest absolute Gasteiger partial charge is 0.104 e. The Morgan fingerprint density at radius 1 is 0.524 bits per heavy atom. The van der Waals surface area contributed by atoms with Gasteiger partial charge in [-0.25, -0.2) is 0 Å². The minimum atomic E-state index is -0.257. The molecule has 0 saturated heterocycles. The van der Waals surface area contributed by atoms with Crippen LogP contribution in [0.3, 0.4) is 0 Å². The molecule has 0 bridgehead atoms. The number of rotatable bonds is 17. The summed E-state index contributed by atoms with van der Waals surface area (Å²) in [4.78, 5) is 0. The molecule has 0 saturated carbocycles. The number of ether oxygens (including phenoxy) is 5. The lowest BCUT2D eigenvalue weighted by molar-refractivity contribution is -0.0825. The van der Waals surface area contributed by atoms with Crippen LogP contribution >= 0.6 is 0 Å². The molecule has 0 aliphatic heterocycles. The van der Waals surface area contributed by atoms with Gasteiger partial charge in [-0.1, -0.05) is 0 Å². The molecule has 0 heterocycles. The van der Waals surface area contributed by atoms with Gasteiger partial charge < -0.3 is 39.0 Å². The van der Waals surface area contributed by atoms with Gasteiger partial charge in [0.05, 0.1) is 79.3 Å². The van der Waals surface area contributed by atoms with E-state index in [-0.39, 0.29) is 39.1 Å². The van der Waals surface area contributed by atoms with Crippen molar-refractivity contribution in [2.75, 3.05) is 79.3 Å². The zero-order chi connectivity index (χ0) is 15.6. The summed E-state index contributed by atoms with van der Waals surface area (Å²) in [6.45, 7) is 3.00. The molecule has 8 nitrogen and oxygen atoms in total. The van der Waals surface area contributed by atoms with Crippen molar-refractivity contribution in [1.82, 2.24) is 0 Å². The van der Waals surface area contributed by atoms with Crippen molar-refractivity contribution in [2.24, 2.45) is 0 Å². The van der Waals surface area contributed by atoms with Gasteiger partial charge in [0.1, 0.15) is 6.10 Å². The monoisotopic (exact) mass is 312 g/mol. The van der Waals surface area contributed by atoms with E-state index in [2.05, 4.69) is 0 Å². The highest BCUT2D eigenvalue weighted by Crippen LogP contribution is 1.96. The first kappa shape index (κ1) is 20.7. The Morgan fingerprint density at radius 3 is 1.52 bits per heavy atom. The average molecular weight is 312 g/mol. The van der Waals surface area contributed by atoms with Crippen molar-refractivity contribution in [2.45, 2.75) is 6.10 Å².